The minimum absolute atomic E-state index is 0.382. The maximum absolute atomic E-state index is 16.3. The molecule has 1 aromatic carbocycles. The molecule has 0 bridgehead atoms. The van der Waals surface area contributed by atoms with Gasteiger partial charge >= 0.3 is 0 Å². The van der Waals surface area contributed by atoms with Gasteiger partial charge in [0.15, 0.2) is 10.8 Å². The minimum atomic E-state index is -1.60. The number of nitrogens with zero attached hydrogens (tertiary/aromatic N) is 2. The number of alkyl halides is 1. The summed E-state index contributed by atoms with van der Waals surface area (Å²) < 4.78 is 16.3. The zero-order chi connectivity index (χ0) is 17.1. The predicted molar refractivity (Wildman–Crippen MR) is 97.1 cm³/mol. The van der Waals surface area contributed by atoms with Crippen molar-refractivity contribution >= 4 is 35.0 Å². The van der Waals surface area contributed by atoms with Crippen LogP contribution in [0.4, 0.5) is 4.39 Å². The summed E-state index contributed by atoms with van der Waals surface area (Å²) in [6.07, 6.45) is 4.81. The summed E-state index contributed by atoms with van der Waals surface area (Å²) in [4.78, 5) is 8.79. The van der Waals surface area contributed by atoms with Crippen molar-refractivity contribution < 1.29 is 4.39 Å². The molecule has 0 fully saturated rings. The van der Waals surface area contributed by atoms with Crippen molar-refractivity contribution in [2.45, 2.75) is 48.8 Å². The van der Waals surface area contributed by atoms with E-state index in [0.717, 1.165) is 34.6 Å². The Balaban J connectivity index is 1.94. The lowest BCUT2D eigenvalue weighted by Crippen LogP contribution is -2.47. The molecular formula is C18H17Cl2FN2S. The third kappa shape index (κ3) is 2.09. The highest BCUT2D eigenvalue weighted by Gasteiger charge is 2.58. The van der Waals surface area contributed by atoms with E-state index >= 15 is 4.39 Å². The average molecular weight is 383 g/mol. The molecule has 2 aliphatic carbocycles. The maximum Gasteiger partial charge on any atom is 0.189 e. The number of halogens is 3. The van der Waals surface area contributed by atoms with Crippen molar-refractivity contribution in [1.29, 1.82) is 0 Å². The Bertz CT molecular complexity index is 840. The normalized spacial score (nSPS) is 28.0. The third-order valence-electron chi connectivity index (χ3n) is 5.70. The van der Waals surface area contributed by atoms with Crippen LogP contribution < -0.4 is 0 Å². The average Bonchev–Trinajstić information content (AvgIpc) is 2.93. The second-order valence-electron chi connectivity index (χ2n) is 6.68. The van der Waals surface area contributed by atoms with E-state index in [9.17, 15) is 0 Å². The zero-order valence-electron chi connectivity index (χ0n) is 13.5. The summed E-state index contributed by atoms with van der Waals surface area (Å²) in [6, 6.07) is 5.83. The molecule has 1 spiro atoms. The monoisotopic (exact) mass is 382 g/mol. The van der Waals surface area contributed by atoms with Crippen LogP contribution in [-0.4, -0.2) is 16.2 Å². The fraction of sp³-hybridized carbons (Fsp3) is 0.444. The molecule has 1 aromatic heterocycles. The van der Waals surface area contributed by atoms with E-state index < -0.39 is 11.1 Å². The number of rotatable bonds is 1. The van der Waals surface area contributed by atoms with Crippen molar-refractivity contribution in [3.8, 4) is 0 Å². The highest BCUT2D eigenvalue weighted by molar-refractivity contribution is 7.98. The number of aromatic nitrogens is 2. The first kappa shape index (κ1) is 16.6. The van der Waals surface area contributed by atoms with Gasteiger partial charge in [-0.25, -0.2) is 14.4 Å². The molecule has 2 nitrogen and oxygen atoms in total. The molecule has 1 heterocycles. The molecule has 0 saturated heterocycles. The molecule has 2 aliphatic rings. The van der Waals surface area contributed by atoms with Crippen LogP contribution in [0.2, 0.25) is 10.2 Å². The summed E-state index contributed by atoms with van der Waals surface area (Å²) in [5.74, 6) is 0. The van der Waals surface area contributed by atoms with E-state index in [2.05, 4.69) is 9.97 Å². The van der Waals surface area contributed by atoms with Gasteiger partial charge in [0.25, 0.3) is 0 Å². The molecule has 4 rings (SSSR count). The Kier molecular flexibility index (Phi) is 3.87. The van der Waals surface area contributed by atoms with Gasteiger partial charge in [-0.2, -0.15) is 0 Å². The minimum Gasteiger partial charge on any atom is -0.236 e. The highest BCUT2D eigenvalue weighted by atomic mass is 35.5. The van der Waals surface area contributed by atoms with Crippen molar-refractivity contribution in [2.24, 2.45) is 0 Å². The molecule has 0 saturated carbocycles. The molecule has 24 heavy (non-hydrogen) atoms. The molecule has 2 aromatic rings. The SMILES string of the molecule is CSc1nc(Cl)c2c(n1)C(C)(F)C1(CCc3c(Cl)cccc31)CC2. The van der Waals surface area contributed by atoms with Crippen LogP contribution in [0.1, 0.15) is 42.1 Å². The van der Waals surface area contributed by atoms with Gasteiger partial charge in [-0.1, -0.05) is 47.1 Å². The third-order valence-corrected chi connectivity index (χ3v) is 6.91. The largest absolute Gasteiger partial charge is 0.236 e. The molecule has 0 amide bonds. The molecule has 2 atom stereocenters. The van der Waals surface area contributed by atoms with Crippen LogP contribution in [0.25, 0.3) is 0 Å². The maximum atomic E-state index is 16.3. The van der Waals surface area contributed by atoms with Crippen molar-refractivity contribution in [1.82, 2.24) is 9.97 Å². The molecule has 0 aliphatic heterocycles. The van der Waals surface area contributed by atoms with E-state index in [4.69, 9.17) is 23.2 Å². The number of fused-ring (bicyclic) bond motifs is 3. The van der Waals surface area contributed by atoms with Crippen LogP contribution in [0.3, 0.4) is 0 Å². The Morgan fingerprint density at radius 3 is 2.54 bits per heavy atom. The van der Waals surface area contributed by atoms with Gasteiger partial charge in [-0.05, 0) is 56.1 Å². The number of hydrogen-bond acceptors (Lipinski definition) is 3. The van der Waals surface area contributed by atoms with Crippen LogP contribution in [0.15, 0.2) is 23.4 Å². The smallest absolute Gasteiger partial charge is 0.189 e. The molecule has 6 heteroatoms. The van der Waals surface area contributed by atoms with Crippen molar-refractivity contribution in [3.63, 3.8) is 0 Å². The highest BCUT2D eigenvalue weighted by Crippen LogP contribution is 2.59. The lowest BCUT2D eigenvalue weighted by Gasteiger charge is -2.45. The van der Waals surface area contributed by atoms with Gasteiger partial charge < -0.3 is 0 Å². The molecular weight excluding hydrogens is 366 g/mol. The van der Waals surface area contributed by atoms with Crippen LogP contribution in [0.5, 0.6) is 0 Å². The van der Waals surface area contributed by atoms with E-state index in [1.165, 1.54) is 11.8 Å². The number of thioether (sulfide) groups is 1. The van der Waals surface area contributed by atoms with Gasteiger partial charge in [-0.3, -0.25) is 0 Å². The predicted octanol–water partition coefficient (Wildman–Crippen LogP) is 5.52. The van der Waals surface area contributed by atoms with Crippen molar-refractivity contribution in [2.75, 3.05) is 6.26 Å². The van der Waals surface area contributed by atoms with Crippen LogP contribution in [0, 0.1) is 0 Å². The van der Waals surface area contributed by atoms with E-state index in [1.54, 1.807) is 6.92 Å². The second-order valence-corrected chi connectivity index (χ2v) is 8.22. The standard InChI is InChI=1S/C18H17Cl2FN2S/c1-17(21)14-11(15(20)23-16(22-14)24-2)7-9-18(17)8-6-10-12(18)4-3-5-13(10)19/h3-5H,6-9H2,1-2H3. The first-order chi connectivity index (χ1) is 11.4. The lowest BCUT2D eigenvalue weighted by molar-refractivity contribution is 0.0420. The first-order valence-corrected chi connectivity index (χ1v) is 9.96. The fourth-order valence-corrected chi connectivity index (χ4v) is 5.37. The summed E-state index contributed by atoms with van der Waals surface area (Å²) in [6.45, 7) is 1.65. The fourth-order valence-electron chi connectivity index (χ4n) is 4.42. The topological polar surface area (TPSA) is 25.8 Å². The zero-order valence-corrected chi connectivity index (χ0v) is 15.8. The molecule has 126 valence electrons. The summed E-state index contributed by atoms with van der Waals surface area (Å²) in [7, 11) is 0. The van der Waals surface area contributed by atoms with Gasteiger partial charge in [-0.15, -0.1) is 0 Å². The Labute approximate surface area is 155 Å². The lowest BCUT2D eigenvalue weighted by atomic mass is 9.61. The quantitative estimate of drug-likeness (QED) is 0.368. The van der Waals surface area contributed by atoms with Gasteiger partial charge in [0, 0.05) is 16.0 Å². The number of benzene rings is 1. The van der Waals surface area contributed by atoms with Gasteiger partial charge in [0.2, 0.25) is 0 Å². The second kappa shape index (κ2) is 5.58. The van der Waals surface area contributed by atoms with Crippen LogP contribution >= 0.6 is 35.0 Å². The molecule has 0 N–H and O–H groups in total. The Morgan fingerprint density at radius 2 is 1.83 bits per heavy atom. The number of hydrogen-bond donors (Lipinski definition) is 0. The van der Waals surface area contributed by atoms with Gasteiger partial charge in [0.1, 0.15) is 5.15 Å². The van der Waals surface area contributed by atoms with E-state index in [0.29, 0.717) is 28.8 Å². The Hall–Kier alpha value is -0.840. The molecule has 0 radical (unpaired) electrons. The van der Waals surface area contributed by atoms with E-state index in [1.807, 2.05) is 24.5 Å². The van der Waals surface area contributed by atoms with Crippen molar-refractivity contribution in [3.05, 3.63) is 50.8 Å². The molecule has 2 unspecified atom stereocenters. The van der Waals surface area contributed by atoms with Gasteiger partial charge in [0.05, 0.1) is 5.69 Å². The Morgan fingerprint density at radius 1 is 1.12 bits per heavy atom. The van der Waals surface area contributed by atoms with Crippen LogP contribution in [-0.2, 0) is 23.9 Å². The summed E-state index contributed by atoms with van der Waals surface area (Å²) in [5, 5.41) is 1.63. The first-order valence-electron chi connectivity index (χ1n) is 7.98. The van der Waals surface area contributed by atoms with E-state index in [-0.39, 0.29) is 0 Å². The summed E-state index contributed by atoms with van der Waals surface area (Å²) in [5.41, 5.74) is 1.12. The summed E-state index contributed by atoms with van der Waals surface area (Å²) >= 11 is 14.1.